The Balaban J connectivity index is 2.11. The van der Waals surface area contributed by atoms with Gasteiger partial charge in [-0.25, -0.2) is 4.39 Å². The highest BCUT2D eigenvalue weighted by atomic mass is 35.5. The number of halogens is 2. The largest absolute Gasteiger partial charge is 0.508 e. The van der Waals surface area contributed by atoms with Gasteiger partial charge in [0.1, 0.15) is 11.6 Å². The van der Waals surface area contributed by atoms with Crippen LogP contribution >= 0.6 is 11.6 Å². The lowest BCUT2D eigenvalue weighted by molar-refractivity contribution is 0.334. The van der Waals surface area contributed by atoms with Gasteiger partial charge in [-0.2, -0.15) is 0 Å². The zero-order chi connectivity index (χ0) is 15.6. The van der Waals surface area contributed by atoms with Crippen LogP contribution < -0.4 is 0 Å². The van der Waals surface area contributed by atoms with E-state index in [-0.39, 0.29) is 17.0 Å². The third-order valence-electron chi connectivity index (χ3n) is 4.80. The molecule has 0 spiro atoms. The van der Waals surface area contributed by atoms with Crippen molar-refractivity contribution in [1.29, 1.82) is 0 Å². The number of aliphatic hydroxyl groups is 1. The molecule has 3 rings (SSSR count). The summed E-state index contributed by atoms with van der Waals surface area (Å²) in [4.78, 5) is 0. The minimum Gasteiger partial charge on any atom is -0.508 e. The van der Waals surface area contributed by atoms with Gasteiger partial charge in [-0.05, 0) is 60.8 Å². The normalized spacial score (nSPS) is 21.0. The number of rotatable bonds is 2. The highest BCUT2D eigenvalue weighted by Crippen LogP contribution is 2.47. The molecule has 1 aromatic carbocycles. The van der Waals surface area contributed by atoms with Gasteiger partial charge >= 0.3 is 0 Å². The van der Waals surface area contributed by atoms with Crippen LogP contribution in [0.5, 0.6) is 0 Å². The molecule has 1 nitrogen and oxygen atoms in total. The van der Waals surface area contributed by atoms with E-state index < -0.39 is 0 Å². The Labute approximate surface area is 135 Å². The molecule has 2 aliphatic rings. The van der Waals surface area contributed by atoms with Crippen molar-refractivity contribution in [3.05, 3.63) is 70.2 Å². The molecule has 0 amide bonds. The third kappa shape index (κ3) is 2.85. The maximum atomic E-state index is 14.6. The first-order chi connectivity index (χ1) is 10.6. The molecule has 0 aromatic heterocycles. The average Bonchev–Trinajstić information content (AvgIpc) is 2.75. The second-order valence-electron chi connectivity index (χ2n) is 6.12. The smallest absolute Gasteiger partial charge is 0.127 e. The van der Waals surface area contributed by atoms with Crippen LogP contribution in [-0.4, -0.2) is 5.11 Å². The Hall–Kier alpha value is -1.54. The fourth-order valence-electron chi connectivity index (χ4n) is 3.71. The molecular weight excluding hydrogens is 299 g/mol. The molecule has 116 valence electrons. The number of allylic oxidation sites excluding steroid dienone is 5. The summed E-state index contributed by atoms with van der Waals surface area (Å²) >= 11 is 6.14. The van der Waals surface area contributed by atoms with Crippen LogP contribution in [0.3, 0.4) is 0 Å². The highest BCUT2D eigenvalue weighted by molar-refractivity contribution is 6.30. The maximum absolute atomic E-state index is 14.6. The Kier molecular flexibility index (Phi) is 4.39. The molecule has 1 aromatic rings. The monoisotopic (exact) mass is 318 g/mol. The molecule has 0 heterocycles. The summed E-state index contributed by atoms with van der Waals surface area (Å²) in [5.74, 6) is 0.0748. The van der Waals surface area contributed by atoms with Crippen molar-refractivity contribution in [3.8, 4) is 0 Å². The first-order valence-corrected chi connectivity index (χ1v) is 8.23. The lowest BCUT2D eigenvalue weighted by atomic mass is 9.64. The summed E-state index contributed by atoms with van der Waals surface area (Å²) in [6.45, 7) is 0. The molecule has 0 atom stereocenters. The van der Waals surface area contributed by atoms with Gasteiger partial charge in [-0.1, -0.05) is 43.0 Å². The maximum Gasteiger partial charge on any atom is 0.127 e. The molecule has 1 fully saturated rings. The van der Waals surface area contributed by atoms with E-state index in [0.29, 0.717) is 17.0 Å². The predicted molar refractivity (Wildman–Crippen MR) is 88.7 cm³/mol. The standard InChI is InChI=1S/C19H20ClFO/c20-15-8-10-18(21)17(13-15)19(11-2-1-3-12-19)14-5-4-6-16(22)9-7-14/h5-10,13,22H,1-4,11-12H2. The van der Waals surface area contributed by atoms with Gasteiger partial charge in [-0.3, -0.25) is 0 Å². The number of benzene rings is 1. The molecule has 3 heteroatoms. The van der Waals surface area contributed by atoms with Crippen LogP contribution in [0.2, 0.25) is 5.02 Å². The van der Waals surface area contributed by atoms with Crippen LogP contribution in [0, 0.1) is 5.82 Å². The second-order valence-corrected chi connectivity index (χ2v) is 6.56. The first kappa shape index (κ1) is 15.4. The number of aliphatic hydroxyl groups excluding tert-OH is 1. The molecule has 0 radical (unpaired) electrons. The molecule has 2 aliphatic carbocycles. The average molecular weight is 319 g/mol. The van der Waals surface area contributed by atoms with Crippen molar-refractivity contribution in [2.24, 2.45) is 0 Å². The molecule has 22 heavy (non-hydrogen) atoms. The van der Waals surface area contributed by atoms with E-state index in [0.717, 1.165) is 31.3 Å². The Morgan fingerprint density at radius 1 is 1.05 bits per heavy atom. The molecule has 0 bridgehead atoms. The summed E-state index contributed by atoms with van der Waals surface area (Å²) in [5.41, 5.74) is 1.45. The number of hydrogen-bond donors (Lipinski definition) is 1. The molecule has 0 aliphatic heterocycles. The van der Waals surface area contributed by atoms with Crippen molar-refractivity contribution in [3.63, 3.8) is 0 Å². The van der Waals surface area contributed by atoms with E-state index in [9.17, 15) is 9.50 Å². The Morgan fingerprint density at radius 3 is 2.59 bits per heavy atom. The molecule has 1 saturated carbocycles. The van der Waals surface area contributed by atoms with Crippen LogP contribution in [0.4, 0.5) is 4.39 Å². The molecule has 0 unspecified atom stereocenters. The minimum absolute atomic E-state index is 0.193. The van der Waals surface area contributed by atoms with E-state index in [1.54, 1.807) is 24.3 Å². The highest BCUT2D eigenvalue weighted by Gasteiger charge is 2.38. The Morgan fingerprint density at radius 2 is 1.82 bits per heavy atom. The fourth-order valence-corrected chi connectivity index (χ4v) is 3.88. The quantitative estimate of drug-likeness (QED) is 0.708. The van der Waals surface area contributed by atoms with Gasteiger partial charge in [0.15, 0.2) is 0 Å². The van der Waals surface area contributed by atoms with Crippen LogP contribution in [0.15, 0.2) is 53.8 Å². The van der Waals surface area contributed by atoms with E-state index in [1.165, 1.54) is 12.5 Å². The topological polar surface area (TPSA) is 20.2 Å². The SMILES string of the molecule is OC1=CCC=C(C2(c3cc(Cl)ccc3F)CCCCC2)C=C1. The van der Waals surface area contributed by atoms with Gasteiger partial charge in [-0.15, -0.1) is 0 Å². The first-order valence-electron chi connectivity index (χ1n) is 7.85. The Bertz CT molecular complexity index is 651. The summed E-state index contributed by atoms with van der Waals surface area (Å²) in [7, 11) is 0. The van der Waals surface area contributed by atoms with Gasteiger partial charge in [0, 0.05) is 10.4 Å². The van der Waals surface area contributed by atoms with E-state index >= 15 is 0 Å². The summed E-state index contributed by atoms with van der Waals surface area (Å²) in [6, 6.07) is 4.83. The predicted octanol–water partition coefficient (Wildman–Crippen LogP) is 6.01. The van der Waals surface area contributed by atoms with Gasteiger partial charge < -0.3 is 5.11 Å². The van der Waals surface area contributed by atoms with Crippen molar-refractivity contribution < 1.29 is 9.50 Å². The molecule has 0 saturated heterocycles. The van der Waals surface area contributed by atoms with Crippen LogP contribution in [0.25, 0.3) is 0 Å². The minimum atomic E-state index is -0.331. The van der Waals surface area contributed by atoms with Crippen LogP contribution in [0.1, 0.15) is 44.1 Å². The van der Waals surface area contributed by atoms with Gasteiger partial charge in [0.25, 0.3) is 0 Å². The summed E-state index contributed by atoms with van der Waals surface area (Å²) in [5, 5.41) is 10.3. The summed E-state index contributed by atoms with van der Waals surface area (Å²) < 4.78 is 14.6. The van der Waals surface area contributed by atoms with E-state index in [2.05, 4.69) is 6.08 Å². The fraction of sp³-hybridized carbons (Fsp3) is 0.368. The van der Waals surface area contributed by atoms with Gasteiger partial charge in [0.2, 0.25) is 0 Å². The third-order valence-corrected chi connectivity index (χ3v) is 5.04. The van der Waals surface area contributed by atoms with Gasteiger partial charge in [0.05, 0.1) is 0 Å². The van der Waals surface area contributed by atoms with Crippen molar-refractivity contribution >= 4 is 11.6 Å². The second kappa shape index (κ2) is 6.29. The van der Waals surface area contributed by atoms with E-state index in [1.807, 2.05) is 6.08 Å². The van der Waals surface area contributed by atoms with Crippen LogP contribution in [-0.2, 0) is 5.41 Å². The molecule has 1 N–H and O–H groups in total. The molecular formula is C19H20ClFO. The van der Waals surface area contributed by atoms with Crippen molar-refractivity contribution in [2.75, 3.05) is 0 Å². The van der Waals surface area contributed by atoms with Crippen molar-refractivity contribution in [1.82, 2.24) is 0 Å². The zero-order valence-corrected chi connectivity index (χ0v) is 13.2. The van der Waals surface area contributed by atoms with Crippen molar-refractivity contribution in [2.45, 2.75) is 43.9 Å². The lowest BCUT2D eigenvalue weighted by Crippen LogP contribution is -2.32. The lowest BCUT2D eigenvalue weighted by Gasteiger charge is -2.39. The summed E-state index contributed by atoms with van der Waals surface area (Å²) in [6.07, 6.45) is 13.4. The number of hydrogen-bond acceptors (Lipinski definition) is 1. The van der Waals surface area contributed by atoms with E-state index in [4.69, 9.17) is 11.6 Å². The zero-order valence-electron chi connectivity index (χ0n) is 12.5.